The number of nitrogens with two attached hydrogens (primary N) is 1. The summed E-state index contributed by atoms with van der Waals surface area (Å²) in [5.41, 5.74) is 8.32. The van der Waals surface area contributed by atoms with Crippen molar-refractivity contribution in [2.45, 2.75) is 18.9 Å². The van der Waals surface area contributed by atoms with E-state index in [-0.39, 0.29) is 6.04 Å². The van der Waals surface area contributed by atoms with Gasteiger partial charge in [0.25, 0.3) is 0 Å². The first-order valence-corrected chi connectivity index (χ1v) is 6.36. The first kappa shape index (κ1) is 12.0. The largest absolute Gasteiger partial charge is 0.501 e. The smallest absolute Gasteiger partial charge is 0.0876 e. The predicted molar refractivity (Wildman–Crippen MR) is 69.3 cm³/mol. The van der Waals surface area contributed by atoms with Crippen molar-refractivity contribution in [3.8, 4) is 0 Å². The molecule has 2 nitrogen and oxygen atoms in total. The van der Waals surface area contributed by atoms with Crippen molar-refractivity contribution in [2.24, 2.45) is 5.73 Å². The molecule has 1 unspecified atom stereocenters. The van der Waals surface area contributed by atoms with Crippen LogP contribution in [0, 0.1) is 0 Å². The maximum Gasteiger partial charge on any atom is 0.0876 e. The summed E-state index contributed by atoms with van der Waals surface area (Å²) in [6, 6.07) is 5.61. The summed E-state index contributed by atoms with van der Waals surface area (Å²) in [5.74, 6) is 0. The van der Waals surface area contributed by atoms with Gasteiger partial charge in [0, 0.05) is 9.50 Å². The fraction of sp³-hybridized carbons (Fsp3) is 0.333. The highest BCUT2D eigenvalue weighted by Crippen LogP contribution is 2.29. The third-order valence-electron chi connectivity index (χ3n) is 2.61. The summed E-state index contributed by atoms with van der Waals surface area (Å²) in [5, 5.41) is 0.692. The van der Waals surface area contributed by atoms with Crippen LogP contribution in [0.1, 0.15) is 24.4 Å². The fourth-order valence-corrected chi connectivity index (χ4v) is 2.67. The number of benzene rings is 1. The molecule has 1 heterocycles. The third kappa shape index (κ3) is 2.78. The van der Waals surface area contributed by atoms with E-state index in [2.05, 4.69) is 15.9 Å². The lowest BCUT2D eigenvalue weighted by atomic mass is 9.96. The number of hydrogen-bond donors (Lipinski definition) is 1. The zero-order valence-electron chi connectivity index (χ0n) is 8.75. The molecule has 1 aromatic carbocycles. The summed E-state index contributed by atoms with van der Waals surface area (Å²) in [4.78, 5) is 0. The van der Waals surface area contributed by atoms with Gasteiger partial charge in [0.1, 0.15) is 0 Å². The van der Waals surface area contributed by atoms with Crippen molar-refractivity contribution in [1.29, 1.82) is 0 Å². The Labute approximate surface area is 109 Å². The molecular weight excluding hydrogens is 289 g/mol. The van der Waals surface area contributed by atoms with Crippen molar-refractivity contribution >= 4 is 27.5 Å². The number of rotatable bonds is 2. The minimum atomic E-state index is -0.129. The molecule has 1 aliphatic heterocycles. The van der Waals surface area contributed by atoms with E-state index in [9.17, 15) is 0 Å². The Balaban J connectivity index is 2.25. The summed E-state index contributed by atoms with van der Waals surface area (Å²) in [6.07, 6.45) is 3.80. The Morgan fingerprint density at radius 2 is 2.19 bits per heavy atom. The quantitative estimate of drug-likeness (QED) is 0.902. The highest BCUT2D eigenvalue weighted by Gasteiger charge is 2.15. The molecule has 1 aromatic rings. The van der Waals surface area contributed by atoms with Crippen LogP contribution in [0.5, 0.6) is 0 Å². The molecule has 1 aliphatic rings. The van der Waals surface area contributed by atoms with Crippen LogP contribution in [0.3, 0.4) is 0 Å². The molecular formula is C12H13BrClNO. The second kappa shape index (κ2) is 5.21. The van der Waals surface area contributed by atoms with E-state index in [1.807, 2.05) is 18.2 Å². The van der Waals surface area contributed by atoms with E-state index >= 15 is 0 Å². The molecule has 16 heavy (non-hydrogen) atoms. The lowest BCUT2D eigenvalue weighted by Gasteiger charge is -2.20. The average molecular weight is 303 g/mol. The van der Waals surface area contributed by atoms with E-state index in [4.69, 9.17) is 22.1 Å². The molecule has 0 spiro atoms. The van der Waals surface area contributed by atoms with E-state index in [0.717, 1.165) is 35.1 Å². The van der Waals surface area contributed by atoms with Crippen LogP contribution in [0.2, 0.25) is 5.02 Å². The monoisotopic (exact) mass is 301 g/mol. The van der Waals surface area contributed by atoms with Crippen molar-refractivity contribution in [3.63, 3.8) is 0 Å². The standard InChI is InChI=1S/C12H13BrClNO/c13-10-4-9(5-11(14)6-10)12(15)8-2-1-3-16-7-8/h4-7,12H,1-3,15H2. The Morgan fingerprint density at radius 1 is 1.38 bits per heavy atom. The molecule has 0 bridgehead atoms. The second-order valence-electron chi connectivity index (χ2n) is 3.85. The first-order chi connectivity index (χ1) is 7.66. The lowest BCUT2D eigenvalue weighted by molar-refractivity contribution is 0.221. The van der Waals surface area contributed by atoms with Gasteiger partial charge in [-0.15, -0.1) is 0 Å². The van der Waals surface area contributed by atoms with Crippen LogP contribution in [0.4, 0.5) is 0 Å². The normalized spacial score (nSPS) is 17.6. The van der Waals surface area contributed by atoms with Crippen molar-refractivity contribution < 1.29 is 4.74 Å². The average Bonchev–Trinajstić information content (AvgIpc) is 2.28. The maximum absolute atomic E-state index is 6.18. The molecule has 1 atom stereocenters. The van der Waals surface area contributed by atoms with E-state index in [1.165, 1.54) is 0 Å². The number of ether oxygens (including phenoxy) is 1. The molecule has 0 saturated carbocycles. The van der Waals surface area contributed by atoms with Gasteiger partial charge in [-0.3, -0.25) is 0 Å². The minimum absolute atomic E-state index is 0.129. The maximum atomic E-state index is 6.18. The summed E-state index contributed by atoms with van der Waals surface area (Å²) < 4.78 is 6.25. The number of halogens is 2. The van der Waals surface area contributed by atoms with E-state index in [1.54, 1.807) is 6.26 Å². The SMILES string of the molecule is NC(C1=COCCC1)c1cc(Cl)cc(Br)c1. The molecule has 0 aromatic heterocycles. The molecule has 0 radical (unpaired) electrons. The summed E-state index contributed by atoms with van der Waals surface area (Å²) in [7, 11) is 0. The zero-order valence-corrected chi connectivity index (χ0v) is 11.1. The summed E-state index contributed by atoms with van der Waals surface area (Å²) >= 11 is 9.41. The molecule has 86 valence electrons. The van der Waals surface area contributed by atoms with Gasteiger partial charge in [0.05, 0.1) is 18.9 Å². The van der Waals surface area contributed by atoms with Gasteiger partial charge in [0.2, 0.25) is 0 Å². The summed E-state index contributed by atoms with van der Waals surface area (Å²) in [6.45, 7) is 0.787. The van der Waals surface area contributed by atoms with Crippen LogP contribution in [-0.4, -0.2) is 6.61 Å². The highest BCUT2D eigenvalue weighted by molar-refractivity contribution is 9.10. The number of hydrogen-bond acceptors (Lipinski definition) is 2. The Hall–Kier alpha value is -0.510. The molecule has 2 rings (SSSR count). The van der Waals surface area contributed by atoms with Gasteiger partial charge < -0.3 is 10.5 Å². The Bertz CT molecular complexity index is 399. The minimum Gasteiger partial charge on any atom is -0.501 e. The molecule has 0 fully saturated rings. The Morgan fingerprint density at radius 3 is 2.81 bits per heavy atom. The molecule has 4 heteroatoms. The molecule has 0 amide bonds. The van der Waals surface area contributed by atoms with Crippen LogP contribution in [0.25, 0.3) is 0 Å². The highest BCUT2D eigenvalue weighted by atomic mass is 79.9. The first-order valence-electron chi connectivity index (χ1n) is 5.19. The van der Waals surface area contributed by atoms with Gasteiger partial charge in [-0.2, -0.15) is 0 Å². The zero-order chi connectivity index (χ0) is 11.5. The van der Waals surface area contributed by atoms with Crippen molar-refractivity contribution in [1.82, 2.24) is 0 Å². The van der Waals surface area contributed by atoms with Crippen molar-refractivity contribution in [2.75, 3.05) is 6.61 Å². The molecule has 0 aliphatic carbocycles. The third-order valence-corrected chi connectivity index (χ3v) is 3.28. The topological polar surface area (TPSA) is 35.2 Å². The van der Waals surface area contributed by atoms with Crippen LogP contribution in [0.15, 0.2) is 34.5 Å². The van der Waals surface area contributed by atoms with Gasteiger partial charge in [-0.25, -0.2) is 0 Å². The Kier molecular flexibility index (Phi) is 3.90. The van der Waals surface area contributed by atoms with Gasteiger partial charge in [-0.1, -0.05) is 27.5 Å². The second-order valence-corrected chi connectivity index (χ2v) is 5.20. The molecule has 0 saturated heterocycles. The predicted octanol–water partition coefficient (Wildman–Crippen LogP) is 3.80. The van der Waals surface area contributed by atoms with Crippen LogP contribution >= 0.6 is 27.5 Å². The van der Waals surface area contributed by atoms with Crippen molar-refractivity contribution in [3.05, 3.63) is 45.1 Å². The van der Waals surface area contributed by atoms with E-state index in [0.29, 0.717) is 5.02 Å². The lowest BCUT2D eigenvalue weighted by Crippen LogP contribution is -2.16. The van der Waals surface area contributed by atoms with Gasteiger partial charge in [-0.05, 0) is 42.2 Å². The van der Waals surface area contributed by atoms with Gasteiger partial charge >= 0.3 is 0 Å². The fourth-order valence-electron chi connectivity index (χ4n) is 1.78. The van der Waals surface area contributed by atoms with Crippen LogP contribution < -0.4 is 5.73 Å². The van der Waals surface area contributed by atoms with Crippen LogP contribution in [-0.2, 0) is 4.74 Å². The molecule has 2 N–H and O–H groups in total. The van der Waals surface area contributed by atoms with Gasteiger partial charge in [0.15, 0.2) is 0 Å². The van der Waals surface area contributed by atoms with E-state index < -0.39 is 0 Å².